The fraction of sp³-hybridized carbons (Fsp3) is 0.333. The Morgan fingerprint density at radius 3 is 2.85 bits per heavy atom. The lowest BCUT2D eigenvalue weighted by Gasteiger charge is -1.92. The molecule has 0 bridgehead atoms. The Hall–Kier alpha value is -1.76. The average Bonchev–Trinajstić information content (AvgIpc) is 2.39. The highest BCUT2D eigenvalue weighted by Crippen LogP contribution is 1.90. The van der Waals surface area contributed by atoms with Crippen LogP contribution >= 0.6 is 0 Å². The second kappa shape index (κ2) is 4.31. The third kappa shape index (κ3) is 2.64. The van der Waals surface area contributed by atoms with Crippen LogP contribution in [0.15, 0.2) is 12.2 Å². The number of amides is 3. The highest BCUT2D eigenvalue weighted by molar-refractivity contribution is 6.05. The van der Waals surface area contributed by atoms with Crippen LogP contribution in [-0.4, -0.2) is 18.0 Å². The minimum absolute atomic E-state index is 0.387. The van der Waals surface area contributed by atoms with E-state index in [0.29, 0.717) is 0 Å². The van der Waals surface area contributed by atoms with E-state index in [0.717, 1.165) is 6.42 Å². The van der Waals surface area contributed by atoms with Gasteiger partial charge in [-0.25, -0.2) is 4.79 Å². The van der Waals surface area contributed by atoms with Crippen LogP contribution in [0.3, 0.4) is 0 Å². The van der Waals surface area contributed by atoms with E-state index >= 15 is 0 Å². The van der Waals surface area contributed by atoms with Crippen LogP contribution in [0.4, 0.5) is 4.79 Å². The van der Waals surface area contributed by atoms with Gasteiger partial charge >= 0.3 is 6.03 Å². The number of hydrogen-bond acceptors (Lipinski definition) is 2. The van der Waals surface area contributed by atoms with Gasteiger partial charge in [-0.15, -0.1) is 0 Å². The zero-order valence-corrected chi connectivity index (χ0v) is 7.26. The first-order chi connectivity index (χ1) is 6.24. The molecule has 0 spiro atoms. The molecule has 1 fully saturated rings. The standard InChI is InChI=1S/C9H10N2O2/c1-2-3-4-5-6-7-8(12)11-9(13)10-7/h3-4,7H,2H2,1H3,(H2,10,11,12,13). The summed E-state index contributed by atoms with van der Waals surface area (Å²) in [5, 5.41) is 4.47. The Balaban J connectivity index is 2.53. The maximum atomic E-state index is 10.9. The molecular weight excluding hydrogens is 168 g/mol. The van der Waals surface area contributed by atoms with Gasteiger partial charge in [0.2, 0.25) is 0 Å². The van der Waals surface area contributed by atoms with Crippen LogP contribution in [0.25, 0.3) is 0 Å². The van der Waals surface area contributed by atoms with Crippen LogP contribution in [0.2, 0.25) is 0 Å². The van der Waals surface area contributed by atoms with Gasteiger partial charge in [0.05, 0.1) is 0 Å². The molecule has 0 aromatic rings. The summed E-state index contributed by atoms with van der Waals surface area (Å²) in [7, 11) is 0. The van der Waals surface area contributed by atoms with Gasteiger partial charge in [-0.3, -0.25) is 10.1 Å². The summed E-state index contributed by atoms with van der Waals surface area (Å²) < 4.78 is 0. The molecule has 1 rings (SSSR count). The maximum Gasteiger partial charge on any atom is 0.322 e. The van der Waals surface area contributed by atoms with Crippen LogP contribution in [0.1, 0.15) is 13.3 Å². The van der Waals surface area contributed by atoms with Crippen LogP contribution in [0.5, 0.6) is 0 Å². The molecule has 1 saturated heterocycles. The molecular formula is C9H10N2O2. The Morgan fingerprint density at radius 1 is 1.54 bits per heavy atom. The van der Waals surface area contributed by atoms with Gasteiger partial charge in [0.1, 0.15) is 0 Å². The second-order valence-corrected chi connectivity index (χ2v) is 2.50. The third-order valence-corrected chi connectivity index (χ3v) is 1.44. The number of nitrogens with one attached hydrogen (secondary N) is 2. The van der Waals surface area contributed by atoms with E-state index in [1.54, 1.807) is 6.08 Å². The van der Waals surface area contributed by atoms with Crippen molar-refractivity contribution in [2.45, 2.75) is 19.4 Å². The molecule has 4 heteroatoms. The molecule has 0 aromatic heterocycles. The fourth-order valence-electron chi connectivity index (χ4n) is 0.827. The quantitative estimate of drug-likeness (QED) is 0.444. The van der Waals surface area contributed by atoms with Crippen molar-refractivity contribution in [1.82, 2.24) is 10.6 Å². The molecule has 0 aliphatic carbocycles. The van der Waals surface area contributed by atoms with Crippen LogP contribution in [-0.2, 0) is 4.79 Å². The first-order valence-electron chi connectivity index (χ1n) is 4.01. The van der Waals surface area contributed by atoms with Gasteiger partial charge < -0.3 is 5.32 Å². The molecule has 68 valence electrons. The molecule has 1 atom stereocenters. The number of imide groups is 1. The normalized spacial score (nSPS) is 20.8. The van der Waals surface area contributed by atoms with Crippen molar-refractivity contribution in [1.29, 1.82) is 0 Å². The van der Waals surface area contributed by atoms with E-state index in [2.05, 4.69) is 22.5 Å². The first-order valence-corrected chi connectivity index (χ1v) is 4.01. The molecule has 1 unspecified atom stereocenters. The van der Waals surface area contributed by atoms with Crippen molar-refractivity contribution < 1.29 is 9.59 Å². The lowest BCUT2D eigenvalue weighted by atomic mass is 10.3. The third-order valence-electron chi connectivity index (χ3n) is 1.44. The van der Waals surface area contributed by atoms with Gasteiger partial charge in [-0.2, -0.15) is 0 Å². The number of carbonyl (C=O) groups excluding carboxylic acids is 2. The van der Waals surface area contributed by atoms with Gasteiger partial charge in [-0.1, -0.05) is 24.8 Å². The van der Waals surface area contributed by atoms with Crippen molar-refractivity contribution in [3.63, 3.8) is 0 Å². The highest BCUT2D eigenvalue weighted by atomic mass is 16.2. The van der Waals surface area contributed by atoms with Gasteiger partial charge in [0, 0.05) is 0 Å². The summed E-state index contributed by atoms with van der Waals surface area (Å²) in [4.78, 5) is 21.6. The maximum absolute atomic E-state index is 10.9. The van der Waals surface area contributed by atoms with E-state index in [-0.39, 0.29) is 5.91 Å². The Morgan fingerprint density at radius 2 is 2.31 bits per heavy atom. The fourth-order valence-corrected chi connectivity index (χ4v) is 0.827. The Labute approximate surface area is 76.4 Å². The molecule has 1 heterocycles. The highest BCUT2D eigenvalue weighted by Gasteiger charge is 2.27. The van der Waals surface area contributed by atoms with E-state index in [1.807, 2.05) is 13.0 Å². The van der Waals surface area contributed by atoms with Crippen molar-refractivity contribution >= 4 is 11.9 Å². The summed E-state index contributed by atoms with van der Waals surface area (Å²) in [6.45, 7) is 1.99. The van der Waals surface area contributed by atoms with Crippen molar-refractivity contribution in [2.24, 2.45) is 0 Å². The summed E-state index contributed by atoms with van der Waals surface area (Å²) in [5.41, 5.74) is 0. The average molecular weight is 178 g/mol. The Kier molecular flexibility index (Phi) is 3.09. The van der Waals surface area contributed by atoms with Crippen LogP contribution in [0, 0.1) is 11.8 Å². The minimum atomic E-state index is -0.700. The predicted octanol–water partition coefficient (Wildman–Crippen LogP) is 0.164. The van der Waals surface area contributed by atoms with E-state index in [9.17, 15) is 9.59 Å². The summed E-state index contributed by atoms with van der Waals surface area (Å²) in [6.07, 6.45) is 4.44. The summed E-state index contributed by atoms with van der Waals surface area (Å²) >= 11 is 0. The molecule has 13 heavy (non-hydrogen) atoms. The Bertz CT molecular complexity index is 309. The number of urea groups is 1. The second-order valence-electron chi connectivity index (χ2n) is 2.50. The summed E-state index contributed by atoms with van der Waals surface area (Å²) in [5.74, 6) is 4.90. The molecule has 3 amide bonds. The molecule has 0 saturated carbocycles. The van der Waals surface area contributed by atoms with E-state index < -0.39 is 12.1 Å². The van der Waals surface area contributed by atoms with Gasteiger partial charge in [0.25, 0.3) is 5.91 Å². The first kappa shape index (κ1) is 9.33. The largest absolute Gasteiger partial charge is 0.322 e. The van der Waals surface area contributed by atoms with Crippen molar-refractivity contribution in [2.75, 3.05) is 0 Å². The number of carbonyl (C=O) groups is 2. The molecule has 2 N–H and O–H groups in total. The zero-order valence-electron chi connectivity index (χ0n) is 7.26. The van der Waals surface area contributed by atoms with Crippen molar-refractivity contribution in [3.05, 3.63) is 12.2 Å². The lowest BCUT2D eigenvalue weighted by Crippen LogP contribution is -2.26. The van der Waals surface area contributed by atoms with Crippen LogP contribution < -0.4 is 10.6 Å². The number of hydrogen-bond donors (Lipinski definition) is 2. The molecule has 0 aromatic carbocycles. The minimum Gasteiger partial charge on any atom is -0.316 e. The monoisotopic (exact) mass is 178 g/mol. The van der Waals surface area contributed by atoms with Crippen molar-refractivity contribution in [3.8, 4) is 11.8 Å². The predicted molar refractivity (Wildman–Crippen MR) is 47.7 cm³/mol. The zero-order chi connectivity index (χ0) is 9.68. The number of rotatable bonds is 1. The lowest BCUT2D eigenvalue weighted by molar-refractivity contribution is -0.119. The van der Waals surface area contributed by atoms with Gasteiger partial charge in [0.15, 0.2) is 6.04 Å². The smallest absolute Gasteiger partial charge is 0.316 e. The van der Waals surface area contributed by atoms with E-state index in [1.165, 1.54) is 0 Å². The molecule has 4 nitrogen and oxygen atoms in total. The van der Waals surface area contributed by atoms with Gasteiger partial charge in [-0.05, 0) is 12.5 Å². The topological polar surface area (TPSA) is 58.2 Å². The summed E-state index contributed by atoms with van der Waals surface area (Å²) in [6, 6.07) is -1.18. The molecule has 0 radical (unpaired) electrons. The SMILES string of the molecule is CCC=CC#CC1NC(=O)NC1=O. The molecule has 1 aliphatic rings. The number of allylic oxidation sites excluding steroid dienone is 2. The van der Waals surface area contributed by atoms with E-state index in [4.69, 9.17) is 0 Å². The molecule has 1 aliphatic heterocycles.